The van der Waals surface area contributed by atoms with Crippen molar-refractivity contribution in [3.8, 4) is 0 Å². The minimum absolute atomic E-state index is 0.155. The van der Waals surface area contributed by atoms with Crippen LogP contribution in [0.25, 0.3) is 0 Å². The lowest BCUT2D eigenvalue weighted by Gasteiger charge is -2.40. The van der Waals surface area contributed by atoms with E-state index in [9.17, 15) is 9.18 Å². The van der Waals surface area contributed by atoms with Crippen LogP contribution < -0.4 is 16.4 Å². The third kappa shape index (κ3) is 2.93. The topological polar surface area (TPSA) is 72.3 Å². The molecule has 1 aromatic rings. The zero-order valence-corrected chi connectivity index (χ0v) is 12.0. The molecule has 0 bridgehead atoms. The zero-order valence-electron chi connectivity index (χ0n) is 12.0. The van der Waals surface area contributed by atoms with E-state index in [1.54, 1.807) is 6.07 Å². The Balaban J connectivity index is 2.35. The fraction of sp³-hybridized carbons (Fsp3) is 0.533. The monoisotopic (exact) mass is 279 g/mol. The van der Waals surface area contributed by atoms with Crippen LogP contribution in [0, 0.1) is 11.7 Å². The van der Waals surface area contributed by atoms with Crippen LogP contribution in [-0.2, 0) is 4.79 Å². The van der Waals surface area contributed by atoms with Crippen LogP contribution in [0.4, 0.5) is 10.1 Å². The number of rotatable bonds is 3. The van der Waals surface area contributed by atoms with Gasteiger partial charge in [0.2, 0.25) is 5.91 Å². The summed E-state index contributed by atoms with van der Waals surface area (Å²) in [6, 6.07) is 4.67. The summed E-state index contributed by atoms with van der Waals surface area (Å²) in [5.74, 6) is -0.722. The Morgan fingerprint density at radius 1 is 1.45 bits per heavy atom. The quantitative estimate of drug-likeness (QED) is 0.888. The number of hydrogen-bond donors (Lipinski definition) is 2. The second kappa shape index (κ2) is 5.79. The highest BCUT2D eigenvalue weighted by molar-refractivity contribution is 5.78. The maximum Gasteiger partial charge on any atom is 0.222 e. The predicted molar refractivity (Wildman–Crippen MR) is 77.7 cm³/mol. The molecule has 1 fully saturated rings. The Morgan fingerprint density at radius 2 is 2.15 bits per heavy atom. The fourth-order valence-electron chi connectivity index (χ4n) is 2.83. The number of primary amides is 1. The van der Waals surface area contributed by atoms with Gasteiger partial charge in [0, 0.05) is 24.3 Å². The molecule has 0 spiro atoms. The van der Waals surface area contributed by atoms with E-state index in [-0.39, 0.29) is 29.7 Å². The standard InChI is InChI=1S/C15H22FN3O/c1-9-3-4-11(15(18)20)8-19(9)14-6-5-12(16)7-13(14)10(2)17/h5-7,9-11H,3-4,8,17H2,1-2H3,(H2,18,20). The second-order valence-corrected chi connectivity index (χ2v) is 5.67. The lowest BCUT2D eigenvalue weighted by atomic mass is 9.91. The first-order chi connectivity index (χ1) is 9.40. The van der Waals surface area contributed by atoms with Crippen molar-refractivity contribution in [3.63, 3.8) is 0 Å². The lowest BCUT2D eigenvalue weighted by molar-refractivity contribution is -0.122. The van der Waals surface area contributed by atoms with Gasteiger partial charge >= 0.3 is 0 Å². The molecule has 4 N–H and O–H groups in total. The first-order valence-corrected chi connectivity index (χ1v) is 7.01. The number of halogens is 1. The fourth-order valence-corrected chi connectivity index (χ4v) is 2.83. The highest BCUT2D eigenvalue weighted by Crippen LogP contribution is 2.32. The van der Waals surface area contributed by atoms with Gasteiger partial charge in [0.1, 0.15) is 5.82 Å². The summed E-state index contributed by atoms with van der Waals surface area (Å²) in [5.41, 5.74) is 13.0. The first-order valence-electron chi connectivity index (χ1n) is 7.01. The number of amides is 1. The van der Waals surface area contributed by atoms with E-state index in [1.807, 2.05) is 6.92 Å². The van der Waals surface area contributed by atoms with Gasteiger partial charge in [-0.3, -0.25) is 4.79 Å². The minimum atomic E-state index is -0.294. The molecule has 1 aliphatic heterocycles. The van der Waals surface area contributed by atoms with Gasteiger partial charge in [-0.05, 0) is 50.5 Å². The Morgan fingerprint density at radius 3 is 2.75 bits per heavy atom. The normalized spacial score (nSPS) is 24.5. The average molecular weight is 279 g/mol. The number of piperidine rings is 1. The van der Waals surface area contributed by atoms with E-state index in [4.69, 9.17) is 11.5 Å². The molecule has 4 nitrogen and oxygen atoms in total. The molecule has 1 saturated heterocycles. The van der Waals surface area contributed by atoms with Gasteiger partial charge in [0.15, 0.2) is 0 Å². The molecule has 1 heterocycles. The molecule has 3 unspecified atom stereocenters. The molecule has 5 heteroatoms. The number of carbonyl (C=O) groups excluding carboxylic acids is 1. The molecular formula is C15H22FN3O. The van der Waals surface area contributed by atoms with Gasteiger partial charge in [-0.15, -0.1) is 0 Å². The van der Waals surface area contributed by atoms with Crippen LogP contribution in [-0.4, -0.2) is 18.5 Å². The van der Waals surface area contributed by atoms with Crippen molar-refractivity contribution in [2.24, 2.45) is 17.4 Å². The summed E-state index contributed by atoms with van der Waals surface area (Å²) in [5, 5.41) is 0. The maximum absolute atomic E-state index is 13.4. The van der Waals surface area contributed by atoms with E-state index < -0.39 is 0 Å². The van der Waals surface area contributed by atoms with Gasteiger partial charge in [-0.1, -0.05) is 0 Å². The molecule has 1 amide bonds. The molecule has 110 valence electrons. The Kier molecular flexibility index (Phi) is 4.28. The van der Waals surface area contributed by atoms with Crippen molar-refractivity contribution in [3.05, 3.63) is 29.6 Å². The molecule has 1 aromatic carbocycles. The summed E-state index contributed by atoms with van der Waals surface area (Å²) in [4.78, 5) is 13.5. The molecule has 0 aliphatic carbocycles. The molecular weight excluding hydrogens is 257 g/mol. The van der Waals surface area contributed by atoms with Crippen LogP contribution in [0.15, 0.2) is 18.2 Å². The van der Waals surface area contributed by atoms with Crippen molar-refractivity contribution >= 4 is 11.6 Å². The van der Waals surface area contributed by atoms with Gasteiger partial charge < -0.3 is 16.4 Å². The van der Waals surface area contributed by atoms with Crippen molar-refractivity contribution in [2.75, 3.05) is 11.4 Å². The highest BCUT2D eigenvalue weighted by Gasteiger charge is 2.30. The molecule has 0 radical (unpaired) electrons. The molecule has 0 saturated carbocycles. The Labute approximate surface area is 118 Å². The SMILES string of the molecule is CC(N)c1cc(F)ccc1N1CC(C(N)=O)CCC1C. The third-order valence-corrected chi connectivity index (χ3v) is 4.07. The second-order valence-electron chi connectivity index (χ2n) is 5.67. The van der Waals surface area contributed by atoms with Crippen molar-refractivity contribution in [2.45, 2.75) is 38.8 Å². The van der Waals surface area contributed by atoms with Crippen LogP contribution in [0.2, 0.25) is 0 Å². The van der Waals surface area contributed by atoms with Gasteiger partial charge in [-0.2, -0.15) is 0 Å². The van der Waals surface area contributed by atoms with E-state index in [0.717, 1.165) is 24.1 Å². The zero-order chi connectivity index (χ0) is 14.9. The van der Waals surface area contributed by atoms with E-state index in [0.29, 0.717) is 6.54 Å². The first kappa shape index (κ1) is 14.8. The van der Waals surface area contributed by atoms with Gasteiger partial charge in [0.05, 0.1) is 5.92 Å². The number of anilines is 1. The van der Waals surface area contributed by atoms with E-state index in [1.165, 1.54) is 12.1 Å². The summed E-state index contributed by atoms with van der Waals surface area (Å²) in [6.07, 6.45) is 1.70. The Hall–Kier alpha value is -1.62. The molecule has 1 aliphatic rings. The van der Waals surface area contributed by atoms with Crippen molar-refractivity contribution < 1.29 is 9.18 Å². The molecule has 20 heavy (non-hydrogen) atoms. The number of nitrogens with two attached hydrogens (primary N) is 2. The number of nitrogens with zero attached hydrogens (tertiary/aromatic N) is 1. The van der Waals surface area contributed by atoms with E-state index >= 15 is 0 Å². The van der Waals surface area contributed by atoms with Crippen molar-refractivity contribution in [1.82, 2.24) is 0 Å². The smallest absolute Gasteiger partial charge is 0.222 e. The summed E-state index contributed by atoms with van der Waals surface area (Å²) in [6.45, 7) is 4.51. The van der Waals surface area contributed by atoms with Crippen LogP contribution in [0.3, 0.4) is 0 Å². The number of hydrogen-bond acceptors (Lipinski definition) is 3. The number of benzene rings is 1. The molecule has 2 rings (SSSR count). The minimum Gasteiger partial charge on any atom is -0.369 e. The third-order valence-electron chi connectivity index (χ3n) is 4.07. The maximum atomic E-state index is 13.4. The highest BCUT2D eigenvalue weighted by atomic mass is 19.1. The van der Waals surface area contributed by atoms with Crippen LogP contribution in [0.5, 0.6) is 0 Å². The molecule has 0 aromatic heterocycles. The van der Waals surface area contributed by atoms with E-state index in [2.05, 4.69) is 11.8 Å². The number of carbonyl (C=O) groups is 1. The van der Waals surface area contributed by atoms with Gasteiger partial charge in [-0.25, -0.2) is 4.39 Å². The van der Waals surface area contributed by atoms with Crippen molar-refractivity contribution in [1.29, 1.82) is 0 Å². The van der Waals surface area contributed by atoms with Crippen LogP contribution in [0.1, 0.15) is 38.3 Å². The summed E-state index contributed by atoms with van der Waals surface area (Å²) in [7, 11) is 0. The largest absolute Gasteiger partial charge is 0.369 e. The van der Waals surface area contributed by atoms with Gasteiger partial charge in [0.25, 0.3) is 0 Å². The Bertz CT molecular complexity index is 504. The molecule has 3 atom stereocenters. The summed E-state index contributed by atoms with van der Waals surface area (Å²) >= 11 is 0. The average Bonchev–Trinajstić information content (AvgIpc) is 2.39. The predicted octanol–water partition coefficient (Wildman–Crippen LogP) is 1.94. The lowest BCUT2D eigenvalue weighted by Crippen LogP contribution is -2.46. The summed E-state index contributed by atoms with van der Waals surface area (Å²) < 4.78 is 13.4. The van der Waals surface area contributed by atoms with Crippen LogP contribution >= 0.6 is 0 Å².